The van der Waals surface area contributed by atoms with Gasteiger partial charge in [0.25, 0.3) is 5.91 Å². The monoisotopic (exact) mass is 282 g/mol. The molecule has 1 aromatic carbocycles. The van der Waals surface area contributed by atoms with Crippen molar-refractivity contribution in [3.63, 3.8) is 0 Å². The van der Waals surface area contributed by atoms with Gasteiger partial charge in [0.1, 0.15) is 5.75 Å². The minimum absolute atomic E-state index is 0.0123. The summed E-state index contributed by atoms with van der Waals surface area (Å²) in [5, 5.41) is 9.48. The summed E-state index contributed by atoms with van der Waals surface area (Å²) in [5.41, 5.74) is 2.97. The summed E-state index contributed by atoms with van der Waals surface area (Å²) in [4.78, 5) is 18.2. The molecule has 1 amide bonds. The van der Waals surface area contributed by atoms with Crippen molar-refractivity contribution >= 4 is 5.91 Å². The van der Waals surface area contributed by atoms with Gasteiger partial charge >= 0.3 is 0 Å². The van der Waals surface area contributed by atoms with Gasteiger partial charge in [0.05, 0.1) is 17.8 Å². The van der Waals surface area contributed by atoms with Gasteiger partial charge in [0.15, 0.2) is 0 Å². The third kappa shape index (κ3) is 2.61. The maximum absolute atomic E-state index is 12.6. The van der Waals surface area contributed by atoms with E-state index in [1.807, 2.05) is 19.2 Å². The number of aryl methyl sites for hydroxylation is 1. The molecule has 4 heteroatoms. The number of fused-ring (bicyclic) bond motifs is 1. The molecule has 0 bridgehead atoms. The van der Waals surface area contributed by atoms with Gasteiger partial charge in [-0.25, -0.2) is 0 Å². The van der Waals surface area contributed by atoms with E-state index in [0.717, 1.165) is 19.3 Å². The van der Waals surface area contributed by atoms with Crippen LogP contribution in [0.5, 0.6) is 5.75 Å². The first-order valence-electron chi connectivity index (χ1n) is 7.16. The number of aromatic hydroxyl groups is 1. The van der Waals surface area contributed by atoms with Crippen molar-refractivity contribution in [3.8, 4) is 5.75 Å². The summed E-state index contributed by atoms with van der Waals surface area (Å²) in [5.74, 6) is -0.0987. The van der Waals surface area contributed by atoms with E-state index in [1.165, 1.54) is 29.6 Å². The molecule has 1 atom stereocenters. The number of rotatable bonds is 2. The lowest BCUT2D eigenvalue weighted by molar-refractivity contribution is 0.0714. The van der Waals surface area contributed by atoms with Gasteiger partial charge in [-0.05, 0) is 36.5 Å². The van der Waals surface area contributed by atoms with Crippen molar-refractivity contribution in [1.82, 2.24) is 9.88 Å². The van der Waals surface area contributed by atoms with Crippen molar-refractivity contribution in [1.29, 1.82) is 0 Å². The molecule has 0 aliphatic heterocycles. The van der Waals surface area contributed by atoms with E-state index in [2.05, 4.69) is 17.1 Å². The second-order valence-electron chi connectivity index (χ2n) is 5.45. The third-order valence-corrected chi connectivity index (χ3v) is 4.10. The van der Waals surface area contributed by atoms with Crippen LogP contribution in [0.3, 0.4) is 0 Å². The van der Waals surface area contributed by atoms with Crippen LogP contribution in [0, 0.1) is 0 Å². The Balaban J connectivity index is 1.89. The van der Waals surface area contributed by atoms with Crippen LogP contribution in [0.1, 0.15) is 40.4 Å². The fourth-order valence-corrected chi connectivity index (χ4v) is 3.02. The number of hydrogen-bond donors (Lipinski definition) is 1. The Kier molecular flexibility index (Phi) is 3.60. The second kappa shape index (κ2) is 5.56. The lowest BCUT2D eigenvalue weighted by atomic mass is 9.87. The summed E-state index contributed by atoms with van der Waals surface area (Å²) in [6.07, 6.45) is 5.94. The highest BCUT2D eigenvalue weighted by Gasteiger charge is 2.27. The average Bonchev–Trinajstić information content (AvgIpc) is 2.53. The van der Waals surface area contributed by atoms with Crippen LogP contribution in [0.2, 0.25) is 0 Å². The van der Waals surface area contributed by atoms with E-state index in [0.29, 0.717) is 5.56 Å². The largest absolute Gasteiger partial charge is 0.506 e. The normalized spacial score (nSPS) is 17.1. The van der Waals surface area contributed by atoms with Gasteiger partial charge in [-0.15, -0.1) is 0 Å². The summed E-state index contributed by atoms with van der Waals surface area (Å²) < 4.78 is 0. The topological polar surface area (TPSA) is 53.4 Å². The van der Waals surface area contributed by atoms with Gasteiger partial charge in [-0.2, -0.15) is 0 Å². The molecule has 2 aromatic rings. The smallest absolute Gasteiger partial charge is 0.255 e. The standard InChI is InChI=1S/C17H18N2O2/c1-19(17(21)13-9-14(20)11-18-10-13)16-8-4-6-12-5-2-3-7-15(12)16/h2-3,5,7,9-11,16,20H,4,6,8H2,1H3. The zero-order valence-corrected chi connectivity index (χ0v) is 12.0. The molecule has 0 saturated carbocycles. The minimum atomic E-state index is -0.111. The molecule has 1 heterocycles. The fraction of sp³-hybridized carbons (Fsp3) is 0.294. The Morgan fingerprint density at radius 2 is 2.14 bits per heavy atom. The van der Waals surface area contributed by atoms with Crippen molar-refractivity contribution in [2.24, 2.45) is 0 Å². The van der Waals surface area contributed by atoms with Crippen molar-refractivity contribution in [3.05, 3.63) is 59.4 Å². The maximum Gasteiger partial charge on any atom is 0.255 e. The van der Waals surface area contributed by atoms with Crippen LogP contribution in [0.4, 0.5) is 0 Å². The number of carbonyl (C=O) groups is 1. The maximum atomic E-state index is 12.6. The van der Waals surface area contributed by atoms with E-state index < -0.39 is 0 Å². The summed E-state index contributed by atoms with van der Waals surface area (Å²) in [7, 11) is 1.82. The van der Waals surface area contributed by atoms with Gasteiger partial charge in [-0.1, -0.05) is 24.3 Å². The number of benzene rings is 1. The van der Waals surface area contributed by atoms with E-state index in [1.54, 1.807) is 4.90 Å². The predicted octanol–water partition coefficient (Wildman–Crippen LogP) is 2.94. The first-order valence-corrected chi connectivity index (χ1v) is 7.16. The quantitative estimate of drug-likeness (QED) is 0.921. The third-order valence-electron chi connectivity index (χ3n) is 4.10. The predicted molar refractivity (Wildman–Crippen MR) is 80.1 cm³/mol. The molecular weight excluding hydrogens is 264 g/mol. The molecule has 1 aliphatic rings. The van der Waals surface area contributed by atoms with Gasteiger partial charge in [-0.3, -0.25) is 9.78 Å². The summed E-state index contributed by atoms with van der Waals surface area (Å²) in [6.45, 7) is 0. The van der Waals surface area contributed by atoms with Crippen LogP contribution < -0.4 is 0 Å². The minimum Gasteiger partial charge on any atom is -0.506 e. The molecule has 108 valence electrons. The average molecular weight is 282 g/mol. The first-order chi connectivity index (χ1) is 10.2. The highest BCUT2D eigenvalue weighted by molar-refractivity contribution is 5.94. The van der Waals surface area contributed by atoms with Crippen LogP contribution >= 0.6 is 0 Å². The summed E-state index contributed by atoms with van der Waals surface area (Å²) >= 11 is 0. The summed E-state index contributed by atoms with van der Waals surface area (Å²) in [6, 6.07) is 9.85. The molecule has 1 N–H and O–H groups in total. The number of nitrogens with zero attached hydrogens (tertiary/aromatic N) is 2. The SMILES string of the molecule is CN(C(=O)c1cncc(O)c1)C1CCCc2ccccc21. The molecule has 0 fully saturated rings. The second-order valence-corrected chi connectivity index (χ2v) is 5.45. The van der Waals surface area contributed by atoms with Crippen molar-refractivity contribution in [2.75, 3.05) is 7.05 Å². The van der Waals surface area contributed by atoms with Gasteiger partial charge in [0, 0.05) is 13.2 Å². The lowest BCUT2D eigenvalue weighted by Gasteiger charge is -2.33. The van der Waals surface area contributed by atoms with Crippen molar-refractivity contribution < 1.29 is 9.90 Å². The number of carbonyl (C=O) groups excluding carboxylic acids is 1. The molecule has 1 aromatic heterocycles. The van der Waals surface area contributed by atoms with Crippen LogP contribution in [0.15, 0.2) is 42.7 Å². The van der Waals surface area contributed by atoms with Crippen molar-refractivity contribution in [2.45, 2.75) is 25.3 Å². The van der Waals surface area contributed by atoms with Gasteiger partial charge in [0.2, 0.25) is 0 Å². The van der Waals surface area contributed by atoms with Gasteiger partial charge < -0.3 is 10.0 Å². The molecule has 0 radical (unpaired) electrons. The Morgan fingerprint density at radius 3 is 2.95 bits per heavy atom. The number of amides is 1. The van der Waals surface area contributed by atoms with Crippen LogP contribution in [-0.2, 0) is 6.42 Å². The highest BCUT2D eigenvalue weighted by atomic mass is 16.3. The fourth-order valence-electron chi connectivity index (χ4n) is 3.02. The Bertz CT molecular complexity index is 669. The Morgan fingerprint density at radius 1 is 1.33 bits per heavy atom. The number of aromatic nitrogens is 1. The lowest BCUT2D eigenvalue weighted by Crippen LogP contribution is -2.33. The number of hydrogen-bond acceptors (Lipinski definition) is 3. The molecule has 0 saturated heterocycles. The molecule has 4 nitrogen and oxygen atoms in total. The zero-order valence-electron chi connectivity index (χ0n) is 12.0. The molecule has 1 aliphatic carbocycles. The molecule has 1 unspecified atom stereocenters. The number of pyridine rings is 1. The van der Waals surface area contributed by atoms with Crippen LogP contribution in [0.25, 0.3) is 0 Å². The van der Waals surface area contributed by atoms with E-state index >= 15 is 0 Å². The molecule has 3 rings (SSSR count). The van der Waals surface area contributed by atoms with E-state index in [9.17, 15) is 9.90 Å². The molecule has 0 spiro atoms. The molecular formula is C17H18N2O2. The highest BCUT2D eigenvalue weighted by Crippen LogP contribution is 2.34. The zero-order chi connectivity index (χ0) is 14.8. The Labute approximate surface area is 124 Å². The van der Waals surface area contributed by atoms with Crippen LogP contribution in [-0.4, -0.2) is 27.9 Å². The van der Waals surface area contributed by atoms with E-state index in [-0.39, 0.29) is 17.7 Å². The molecule has 21 heavy (non-hydrogen) atoms. The first kappa shape index (κ1) is 13.6. The Hall–Kier alpha value is -2.36. The van der Waals surface area contributed by atoms with E-state index in [4.69, 9.17) is 0 Å².